The maximum atomic E-state index is 12.7. The summed E-state index contributed by atoms with van der Waals surface area (Å²) in [6, 6.07) is 5.24. The number of carbonyl (C=O) groups excluding carboxylic acids is 1. The largest absolute Gasteiger partial charge is 0.329 e. The summed E-state index contributed by atoms with van der Waals surface area (Å²) < 4.78 is 12.7. The van der Waals surface area contributed by atoms with Crippen molar-refractivity contribution in [3.63, 3.8) is 0 Å². The Bertz CT molecular complexity index is 414. The minimum Gasteiger partial charge on any atom is -0.303 e. The lowest BCUT2D eigenvalue weighted by Gasteiger charge is -2.13. The van der Waals surface area contributed by atoms with E-state index in [-0.39, 0.29) is 5.02 Å². The van der Waals surface area contributed by atoms with Crippen LogP contribution in [0.4, 0.5) is 10.1 Å². The predicted octanol–water partition coefficient (Wildman–Crippen LogP) is 1.97. The Hall–Kier alpha value is -1.60. The van der Waals surface area contributed by atoms with Crippen LogP contribution in [0.1, 0.15) is 0 Å². The third-order valence-electron chi connectivity index (χ3n) is 1.69. The highest BCUT2D eigenvalue weighted by molar-refractivity contribution is 6.31. The van der Waals surface area contributed by atoms with Crippen LogP contribution >= 0.6 is 11.6 Å². The van der Waals surface area contributed by atoms with Gasteiger partial charge in [0.1, 0.15) is 5.82 Å². The van der Waals surface area contributed by atoms with Crippen molar-refractivity contribution in [2.45, 2.75) is 0 Å². The molecule has 0 fully saturated rings. The van der Waals surface area contributed by atoms with Gasteiger partial charge in [-0.3, -0.25) is 4.79 Å². The first-order valence-corrected chi connectivity index (χ1v) is 4.07. The summed E-state index contributed by atoms with van der Waals surface area (Å²) in [5.41, 5.74) is 0.378. The lowest BCUT2D eigenvalue weighted by atomic mass is 10.3. The summed E-state index contributed by atoms with van der Waals surface area (Å²) in [5, 5.41) is 8.26. The van der Waals surface area contributed by atoms with Crippen molar-refractivity contribution in [2.75, 3.05) is 11.9 Å². The highest BCUT2D eigenvalue weighted by atomic mass is 35.5. The first-order valence-electron chi connectivity index (χ1n) is 3.69. The molecule has 0 aromatic heterocycles. The molecule has 1 aromatic carbocycles. The number of anilines is 1. The fourth-order valence-corrected chi connectivity index (χ4v) is 1.06. The van der Waals surface area contributed by atoms with Crippen LogP contribution < -0.4 is 4.90 Å². The van der Waals surface area contributed by atoms with Crippen LogP contribution in [0.15, 0.2) is 18.2 Å². The average molecular weight is 213 g/mol. The normalized spacial score (nSPS) is 9.29. The monoisotopic (exact) mass is 212 g/mol. The number of nitrogens with zero attached hydrogens (tertiary/aromatic N) is 2. The van der Waals surface area contributed by atoms with E-state index in [4.69, 9.17) is 16.9 Å². The van der Waals surface area contributed by atoms with Gasteiger partial charge in [-0.15, -0.1) is 0 Å². The lowest BCUT2D eigenvalue weighted by Crippen LogP contribution is -2.24. The van der Waals surface area contributed by atoms with Crippen molar-refractivity contribution in [3.8, 4) is 6.07 Å². The van der Waals surface area contributed by atoms with Gasteiger partial charge in [-0.1, -0.05) is 11.6 Å². The summed E-state index contributed by atoms with van der Waals surface area (Å²) in [5.74, 6) is -1.29. The van der Waals surface area contributed by atoms with Gasteiger partial charge in [0.25, 0.3) is 0 Å². The standard InChI is InChI=1S/C9H6ClFN2O/c1-13(9(14)5-12)6-2-3-8(11)7(10)4-6/h2-4H,1H3. The fourth-order valence-electron chi connectivity index (χ4n) is 0.886. The Kier molecular flexibility index (Phi) is 3.05. The SMILES string of the molecule is CN(C(=O)C#N)c1ccc(F)c(Cl)c1. The lowest BCUT2D eigenvalue weighted by molar-refractivity contribution is -0.113. The van der Waals surface area contributed by atoms with Gasteiger partial charge in [-0.25, -0.2) is 4.39 Å². The third-order valence-corrected chi connectivity index (χ3v) is 1.98. The van der Waals surface area contributed by atoms with Crippen LogP contribution in [-0.2, 0) is 4.79 Å². The number of amides is 1. The van der Waals surface area contributed by atoms with E-state index >= 15 is 0 Å². The first kappa shape index (κ1) is 10.5. The number of halogens is 2. The molecule has 0 heterocycles. The number of hydrogen-bond donors (Lipinski definition) is 0. The zero-order chi connectivity index (χ0) is 10.7. The number of hydrogen-bond acceptors (Lipinski definition) is 2. The van der Waals surface area contributed by atoms with E-state index < -0.39 is 11.7 Å². The van der Waals surface area contributed by atoms with Crippen molar-refractivity contribution in [1.29, 1.82) is 5.26 Å². The second kappa shape index (κ2) is 4.07. The van der Waals surface area contributed by atoms with Crippen LogP contribution in [0, 0.1) is 17.1 Å². The molecule has 0 radical (unpaired) electrons. The third kappa shape index (κ3) is 2.01. The first-order chi connectivity index (χ1) is 6.56. The number of carbonyl (C=O) groups is 1. The van der Waals surface area contributed by atoms with E-state index in [1.807, 2.05) is 0 Å². The predicted molar refractivity (Wildman–Crippen MR) is 50.4 cm³/mol. The molecule has 0 spiro atoms. The summed E-state index contributed by atoms with van der Waals surface area (Å²) >= 11 is 5.51. The molecule has 1 aromatic rings. The topological polar surface area (TPSA) is 44.1 Å². The molecule has 5 heteroatoms. The minimum absolute atomic E-state index is 0.0833. The molecule has 1 rings (SSSR count). The minimum atomic E-state index is -0.729. The van der Waals surface area contributed by atoms with Gasteiger partial charge < -0.3 is 4.90 Å². The van der Waals surface area contributed by atoms with Crippen LogP contribution in [0.25, 0.3) is 0 Å². The molecule has 3 nitrogen and oxygen atoms in total. The van der Waals surface area contributed by atoms with E-state index in [9.17, 15) is 9.18 Å². The zero-order valence-corrected chi connectivity index (χ0v) is 8.05. The summed E-state index contributed by atoms with van der Waals surface area (Å²) in [6.07, 6.45) is 0. The molecular weight excluding hydrogens is 207 g/mol. The smallest absolute Gasteiger partial charge is 0.303 e. The Labute approximate surface area is 85.3 Å². The quantitative estimate of drug-likeness (QED) is 0.668. The molecule has 0 N–H and O–H groups in total. The molecule has 0 saturated heterocycles. The maximum absolute atomic E-state index is 12.7. The van der Waals surface area contributed by atoms with Gasteiger partial charge in [-0.05, 0) is 18.2 Å². The molecule has 1 amide bonds. The summed E-state index contributed by atoms with van der Waals surface area (Å²) in [7, 11) is 1.41. The number of rotatable bonds is 1. The Balaban J connectivity index is 3.04. The molecule has 14 heavy (non-hydrogen) atoms. The highest BCUT2D eigenvalue weighted by Crippen LogP contribution is 2.21. The highest BCUT2D eigenvalue weighted by Gasteiger charge is 2.10. The molecule has 0 aliphatic heterocycles. The van der Waals surface area contributed by atoms with Crippen LogP contribution in [-0.4, -0.2) is 13.0 Å². The average Bonchev–Trinajstić information content (AvgIpc) is 2.20. The van der Waals surface area contributed by atoms with Gasteiger partial charge in [0.05, 0.1) is 5.02 Å². The van der Waals surface area contributed by atoms with E-state index in [0.717, 1.165) is 11.0 Å². The Morgan fingerprint density at radius 1 is 1.64 bits per heavy atom. The van der Waals surface area contributed by atoms with Crippen LogP contribution in [0.3, 0.4) is 0 Å². The fraction of sp³-hybridized carbons (Fsp3) is 0.111. The van der Waals surface area contributed by atoms with E-state index in [1.54, 1.807) is 0 Å². The van der Waals surface area contributed by atoms with Crippen molar-refractivity contribution in [3.05, 3.63) is 29.0 Å². The molecule has 0 atom stereocenters. The molecule has 0 aliphatic rings. The van der Waals surface area contributed by atoms with Gasteiger partial charge in [-0.2, -0.15) is 5.26 Å². The van der Waals surface area contributed by atoms with Crippen molar-refractivity contribution < 1.29 is 9.18 Å². The Morgan fingerprint density at radius 3 is 2.79 bits per heavy atom. The van der Waals surface area contributed by atoms with Crippen LogP contribution in [0.5, 0.6) is 0 Å². The van der Waals surface area contributed by atoms with Gasteiger partial charge in [0.2, 0.25) is 0 Å². The summed E-state index contributed by atoms with van der Waals surface area (Å²) in [4.78, 5) is 12.0. The second-order valence-corrected chi connectivity index (χ2v) is 2.98. The van der Waals surface area contributed by atoms with E-state index in [0.29, 0.717) is 5.69 Å². The zero-order valence-electron chi connectivity index (χ0n) is 7.29. The number of benzene rings is 1. The molecule has 72 valence electrons. The van der Waals surface area contributed by atoms with Crippen molar-refractivity contribution in [2.24, 2.45) is 0 Å². The summed E-state index contributed by atoms with van der Waals surface area (Å²) in [6.45, 7) is 0. The molecule has 0 bridgehead atoms. The van der Waals surface area contributed by atoms with Gasteiger partial charge in [0.15, 0.2) is 6.07 Å². The van der Waals surface area contributed by atoms with Crippen LogP contribution in [0.2, 0.25) is 5.02 Å². The van der Waals surface area contributed by atoms with E-state index in [1.165, 1.54) is 25.2 Å². The maximum Gasteiger partial charge on any atom is 0.329 e. The number of nitriles is 1. The molecule has 0 saturated carbocycles. The van der Waals surface area contributed by atoms with Gasteiger partial charge >= 0.3 is 5.91 Å². The van der Waals surface area contributed by atoms with Crippen molar-refractivity contribution in [1.82, 2.24) is 0 Å². The van der Waals surface area contributed by atoms with Crippen molar-refractivity contribution >= 4 is 23.2 Å². The second-order valence-electron chi connectivity index (χ2n) is 2.57. The molecule has 0 unspecified atom stereocenters. The molecular formula is C9H6ClFN2O. The molecule has 0 aliphatic carbocycles. The Morgan fingerprint density at radius 2 is 2.29 bits per heavy atom. The van der Waals surface area contributed by atoms with E-state index in [2.05, 4.69) is 0 Å². The van der Waals surface area contributed by atoms with Gasteiger partial charge in [0, 0.05) is 12.7 Å².